The molecule has 1 heterocycles. The first-order chi connectivity index (χ1) is 13.9. The normalized spacial score (nSPS) is 16.6. The van der Waals surface area contributed by atoms with Crippen molar-refractivity contribution in [1.82, 2.24) is 5.32 Å². The highest BCUT2D eigenvalue weighted by molar-refractivity contribution is 5.97. The van der Waals surface area contributed by atoms with Crippen LogP contribution in [0.4, 0.5) is 5.69 Å². The molecule has 30 heavy (non-hydrogen) atoms. The predicted molar refractivity (Wildman–Crippen MR) is 121 cm³/mol. The van der Waals surface area contributed by atoms with E-state index in [0.29, 0.717) is 30.3 Å². The number of aromatic hydroxyl groups is 1. The summed E-state index contributed by atoms with van der Waals surface area (Å²) in [5.74, 6) is 0.980. The van der Waals surface area contributed by atoms with Gasteiger partial charge >= 0.3 is 0 Å². The third-order valence-corrected chi connectivity index (χ3v) is 5.42. The number of amides is 1. The second-order valence-electron chi connectivity index (χ2n) is 10.2. The van der Waals surface area contributed by atoms with Crippen LogP contribution < -0.4 is 15.4 Å². The Morgan fingerprint density at radius 2 is 1.53 bits per heavy atom. The van der Waals surface area contributed by atoms with E-state index in [4.69, 9.17) is 4.74 Å². The van der Waals surface area contributed by atoms with Crippen LogP contribution in [0.1, 0.15) is 70.7 Å². The molecule has 162 valence electrons. The molecule has 0 saturated carbocycles. The molecular formula is C25H34N2O3. The van der Waals surface area contributed by atoms with Gasteiger partial charge in [0.05, 0.1) is 5.69 Å². The van der Waals surface area contributed by atoms with Gasteiger partial charge in [-0.25, -0.2) is 0 Å². The minimum absolute atomic E-state index is 0.124. The Morgan fingerprint density at radius 3 is 2.10 bits per heavy atom. The van der Waals surface area contributed by atoms with E-state index in [1.807, 2.05) is 18.2 Å². The number of carbonyl (C=O) groups is 1. The second-order valence-corrected chi connectivity index (χ2v) is 10.2. The number of fused-ring (bicyclic) bond motifs is 1. The summed E-state index contributed by atoms with van der Waals surface area (Å²) in [7, 11) is 0. The minimum atomic E-state index is -0.468. The summed E-state index contributed by atoms with van der Waals surface area (Å²) in [6, 6.07) is 10.1. The summed E-state index contributed by atoms with van der Waals surface area (Å²) in [4.78, 5) is 11.8. The predicted octanol–water partition coefficient (Wildman–Crippen LogP) is 5.00. The summed E-state index contributed by atoms with van der Waals surface area (Å²) >= 11 is 0. The van der Waals surface area contributed by atoms with E-state index in [1.54, 1.807) is 6.92 Å². The van der Waals surface area contributed by atoms with Gasteiger partial charge in [-0.2, -0.15) is 0 Å². The monoisotopic (exact) mass is 410 g/mol. The summed E-state index contributed by atoms with van der Waals surface area (Å²) in [5.41, 5.74) is 4.57. The third kappa shape index (κ3) is 4.78. The van der Waals surface area contributed by atoms with Gasteiger partial charge in [0.2, 0.25) is 0 Å². The highest BCUT2D eigenvalue weighted by Crippen LogP contribution is 2.39. The topological polar surface area (TPSA) is 70.6 Å². The molecule has 2 aromatic rings. The minimum Gasteiger partial charge on any atom is -0.507 e. The van der Waals surface area contributed by atoms with Crippen LogP contribution >= 0.6 is 0 Å². The van der Waals surface area contributed by atoms with Gasteiger partial charge in [-0.05, 0) is 52.1 Å². The van der Waals surface area contributed by atoms with Crippen molar-refractivity contribution in [3.8, 4) is 11.5 Å². The third-order valence-electron chi connectivity index (χ3n) is 5.42. The number of phenolic OH excluding ortho intramolecular Hbond substituents is 1. The van der Waals surface area contributed by atoms with Crippen molar-refractivity contribution in [2.75, 3.05) is 5.32 Å². The van der Waals surface area contributed by atoms with Crippen LogP contribution in [-0.2, 0) is 28.7 Å². The average Bonchev–Trinajstić information content (AvgIpc) is 2.62. The Balaban J connectivity index is 1.76. The van der Waals surface area contributed by atoms with Crippen molar-refractivity contribution in [3.63, 3.8) is 0 Å². The molecule has 0 saturated heterocycles. The smallest absolute Gasteiger partial charge is 0.265 e. The molecule has 0 fully saturated rings. The molecule has 3 rings (SSSR count). The van der Waals surface area contributed by atoms with E-state index >= 15 is 0 Å². The van der Waals surface area contributed by atoms with Gasteiger partial charge in [0, 0.05) is 13.1 Å². The van der Waals surface area contributed by atoms with E-state index in [-0.39, 0.29) is 16.7 Å². The Bertz CT molecular complexity index is 917. The SMILES string of the molecule is CC1Oc2ccc(CNCc3cc(C(C)(C)C)c(O)c(C(C)(C)C)c3)cc2NC1=O. The first-order valence-electron chi connectivity index (χ1n) is 10.5. The molecule has 0 radical (unpaired) electrons. The van der Waals surface area contributed by atoms with Gasteiger partial charge in [-0.3, -0.25) is 4.79 Å². The standard InChI is InChI=1S/C25H34N2O3/c1-15-23(29)27-20-12-16(8-9-21(20)30-15)13-26-14-17-10-18(24(2,3)4)22(28)19(11-17)25(5,6)7/h8-12,15,26,28H,13-14H2,1-7H3,(H,27,29). The molecule has 2 aromatic carbocycles. The van der Waals surface area contributed by atoms with Crippen molar-refractivity contribution in [3.05, 3.63) is 52.6 Å². The molecule has 5 nitrogen and oxygen atoms in total. The van der Waals surface area contributed by atoms with Crippen molar-refractivity contribution in [2.45, 2.75) is 78.5 Å². The molecule has 1 atom stereocenters. The number of carbonyl (C=O) groups excluding carboxylic acids is 1. The van der Waals surface area contributed by atoms with Crippen molar-refractivity contribution < 1.29 is 14.6 Å². The number of rotatable bonds is 4. The molecule has 0 bridgehead atoms. The number of anilines is 1. The summed E-state index contributed by atoms with van der Waals surface area (Å²) in [6.07, 6.45) is -0.468. The van der Waals surface area contributed by atoms with E-state index in [2.05, 4.69) is 64.3 Å². The van der Waals surface area contributed by atoms with Gasteiger partial charge in [0.1, 0.15) is 11.5 Å². The molecule has 0 aliphatic carbocycles. The van der Waals surface area contributed by atoms with Crippen LogP contribution in [0.5, 0.6) is 11.5 Å². The number of nitrogens with one attached hydrogen (secondary N) is 2. The molecule has 3 N–H and O–H groups in total. The molecular weight excluding hydrogens is 376 g/mol. The summed E-state index contributed by atoms with van der Waals surface area (Å²) < 4.78 is 5.62. The second kappa shape index (κ2) is 7.95. The average molecular weight is 411 g/mol. The van der Waals surface area contributed by atoms with E-state index in [9.17, 15) is 9.90 Å². The molecule has 1 amide bonds. The lowest BCUT2D eigenvalue weighted by molar-refractivity contribution is -0.122. The molecule has 5 heteroatoms. The van der Waals surface area contributed by atoms with E-state index in [0.717, 1.165) is 22.3 Å². The van der Waals surface area contributed by atoms with Crippen LogP contribution in [-0.4, -0.2) is 17.1 Å². The largest absolute Gasteiger partial charge is 0.507 e. The number of hydrogen-bond donors (Lipinski definition) is 3. The number of benzene rings is 2. The zero-order valence-corrected chi connectivity index (χ0v) is 19.1. The number of ether oxygens (including phenoxy) is 1. The van der Waals surface area contributed by atoms with Gasteiger partial charge < -0.3 is 20.5 Å². The van der Waals surface area contributed by atoms with Crippen molar-refractivity contribution in [2.24, 2.45) is 0 Å². The molecule has 0 aromatic heterocycles. The van der Waals surface area contributed by atoms with E-state index < -0.39 is 6.10 Å². The lowest BCUT2D eigenvalue weighted by Crippen LogP contribution is -2.34. The van der Waals surface area contributed by atoms with Gasteiger partial charge in [0.15, 0.2) is 6.10 Å². The van der Waals surface area contributed by atoms with Gasteiger partial charge in [-0.15, -0.1) is 0 Å². The number of phenols is 1. The molecule has 1 aliphatic heterocycles. The maximum absolute atomic E-state index is 11.8. The van der Waals surface area contributed by atoms with Crippen molar-refractivity contribution in [1.29, 1.82) is 0 Å². The molecule has 0 spiro atoms. The zero-order chi connectivity index (χ0) is 22.3. The molecule has 1 aliphatic rings. The Morgan fingerprint density at radius 1 is 0.967 bits per heavy atom. The first-order valence-corrected chi connectivity index (χ1v) is 10.5. The maximum Gasteiger partial charge on any atom is 0.265 e. The highest BCUT2D eigenvalue weighted by atomic mass is 16.5. The fourth-order valence-electron chi connectivity index (χ4n) is 3.66. The summed E-state index contributed by atoms with van der Waals surface area (Å²) in [6.45, 7) is 15.8. The zero-order valence-electron chi connectivity index (χ0n) is 19.1. The first kappa shape index (κ1) is 22.2. The van der Waals surface area contributed by atoms with Gasteiger partial charge in [-0.1, -0.05) is 59.7 Å². The lowest BCUT2D eigenvalue weighted by Gasteiger charge is -2.28. The van der Waals surface area contributed by atoms with Gasteiger partial charge in [0.25, 0.3) is 5.91 Å². The maximum atomic E-state index is 11.8. The lowest BCUT2D eigenvalue weighted by atomic mass is 9.78. The fraction of sp³-hybridized carbons (Fsp3) is 0.480. The Kier molecular flexibility index (Phi) is 5.87. The van der Waals surface area contributed by atoms with Crippen LogP contribution in [0.3, 0.4) is 0 Å². The fourth-order valence-corrected chi connectivity index (χ4v) is 3.66. The Labute approximate surface area is 179 Å². The Hall–Kier alpha value is -2.53. The van der Waals surface area contributed by atoms with Crippen LogP contribution in [0.2, 0.25) is 0 Å². The van der Waals surface area contributed by atoms with Crippen LogP contribution in [0.15, 0.2) is 30.3 Å². The van der Waals surface area contributed by atoms with E-state index in [1.165, 1.54) is 0 Å². The highest BCUT2D eigenvalue weighted by Gasteiger charge is 2.26. The quantitative estimate of drug-likeness (QED) is 0.664. The number of hydrogen-bond acceptors (Lipinski definition) is 4. The molecule has 1 unspecified atom stereocenters. The van der Waals surface area contributed by atoms with Crippen LogP contribution in [0.25, 0.3) is 0 Å². The summed E-state index contributed by atoms with van der Waals surface area (Å²) in [5, 5.41) is 17.3. The van der Waals surface area contributed by atoms with Crippen LogP contribution in [0, 0.1) is 0 Å². The van der Waals surface area contributed by atoms with Crippen molar-refractivity contribution >= 4 is 11.6 Å².